The zero-order chi connectivity index (χ0) is 14.7. The maximum atomic E-state index is 11.2. The second-order valence-electron chi connectivity index (χ2n) is 5.30. The lowest BCUT2D eigenvalue weighted by molar-refractivity contribution is -0.0866. The normalized spacial score (nSPS) is 12.6. The van der Waals surface area contributed by atoms with Gasteiger partial charge in [0.15, 0.2) is 0 Å². The third-order valence-corrected chi connectivity index (χ3v) is 4.22. The summed E-state index contributed by atoms with van der Waals surface area (Å²) < 4.78 is 16.5. The van der Waals surface area contributed by atoms with Gasteiger partial charge in [0.25, 0.3) is 0 Å². The van der Waals surface area contributed by atoms with E-state index in [1.54, 1.807) is 0 Å². The van der Waals surface area contributed by atoms with Crippen molar-refractivity contribution >= 4 is 9.17 Å². The Morgan fingerprint density at radius 3 is 1.85 bits per heavy atom. The summed E-state index contributed by atoms with van der Waals surface area (Å²) in [5, 5.41) is 10.4. The highest BCUT2D eigenvalue weighted by Gasteiger charge is 2.40. The predicted molar refractivity (Wildman–Crippen MR) is 82.1 cm³/mol. The van der Waals surface area contributed by atoms with Crippen molar-refractivity contribution in [3.8, 4) is 0 Å². The topological polar surface area (TPSA) is 102 Å². The van der Waals surface area contributed by atoms with Crippen LogP contribution in [0.25, 0.3) is 0 Å². The second kappa shape index (κ2) is 12.3. The maximum Gasteiger partial charge on any atom is 0.765 e. The first-order valence-corrected chi connectivity index (χ1v) is 8.88. The molecule has 0 amide bonds. The van der Waals surface area contributed by atoms with Gasteiger partial charge in [0.05, 0.1) is 6.10 Å². The molecule has 0 aromatic heterocycles. The van der Waals surface area contributed by atoms with Crippen LogP contribution in [0, 0.1) is 0 Å². The van der Waals surface area contributed by atoms with Crippen LogP contribution in [0.15, 0.2) is 0 Å². The van der Waals surface area contributed by atoms with Gasteiger partial charge in [-0.25, -0.2) is 0 Å². The standard InChI is InChI=1S/C14H30O4Si.H3N/c1-4-7-10-13(15)14(11-8-5-2,12-9-6-3)18-19(16)17;/h13,15-16H,4-12H2,1-3H3;1H3. The lowest BCUT2D eigenvalue weighted by Gasteiger charge is -2.37. The maximum absolute atomic E-state index is 11.2. The monoisotopic (exact) mass is 307 g/mol. The molecule has 1 atom stereocenters. The molecule has 0 saturated heterocycles. The van der Waals surface area contributed by atoms with Crippen LogP contribution in [0.2, 0.25) is 0 Å². The average molecular weight is 308 g/mol. The Hall–Kier alpha value is -0.463. The Kier molecular flexibility index (Phi) is 13.4. The summed E-state index contributed by atoms with van der Waals surface area (Å²) in [6.07, 6.45) is 7.01. The van der Waals surface area contributed by atoms with Crippen molar-refractivity contribution in [2.75, 3.05) is 0 Å². The Labute approximate surface area is 125 Å². The largest absolute Gasteiger partial charge is 0.765 e. The van der Waals surface area contributed by atoms with Gasteiger partial charge in [-0.3, -0.25) is 4.46 Å². The number of hydrogen-bond acceptors (Lipinski definition) is 4. The highest BCUT2D eigenvalue weighted by Crippen LogP contribution is 2.32. The average Bonchev–Trinajstić information content (AvgIpc) is 2.38. The van der Waals surface area contributed by atoms with Crippen LogP contribution in [-0.2, 0) is 8.89 Å². The summed E-state index contributed by atoms with van der Waals surface area (Å²) in [5.74, 6) is 0. The Morgan fingerprint density at radius 1 is 1.05 bits per heavy atom. The van der Waals surface area contributed by atoms with E-state index in [9.17, 15) is 14.4 Å². The lowest BCUT2D eigenvalue weighted by Crippen LogP contribution is -2.47. The van der Waals surface area contributed by atoms with Crippen LogP contribution in [-0.4, -0.2) is 30.8 Å². The van der Waals surface area contributed by atoms with Gasteiger partial charge >= 0.3 is 9.17 Å². The minimum absolute atomic E-state index is 0. The minimum atomic E-state index is -3.03. The Balaban J connectivity index is 0. The van der Waals surface area contributed by atoms with Crippen molar-refractivity contribution < 1.29 is 18.8 Å². The van der Waals surface area contributed by atoms with Crippen molar-refractivity contribution in [1.29, 1.82) is 0 Å². The summed E-state index contributed by atoms with van der Waals surface area (Å²) in [5.41, 5.74) is -0.827. The van der Waals surface area contributed by atoms with Gasteiger partial charge in [0, 0.05) is 0 Å². The van der Waals surface area contributed by atoms with Crippen LogP contribution in [0.3, 0.4) is 0 Å². The van der Waals surface area contributed by atoms with Gasteiger partial charge in [-0.2, -0.15) is 0 Å². The molecule has 0 aliphatic heterocycles. The van der Waals surface area contributed by atoms with Crippen molar-refractivity contribution in [1.82, 2.24) is 6.15 Å². The molecule has 0 saturated carbocycles. The molecule has 6 heteroatoms. The van der Waals surface area contributed by atoms with Crippen LogP contribution >= 0.6 is 0 Å². The number of aliphatic hydroxyl groups excluding tert-OH is 1. The van der Waals surface area contributed by atoms with Crippen molar-refractivity contribution in [2.45, 2.75) is 90.3 Å². The molecule has 0 bridgehead atoms. The SMILES string of the molecule is CCCCC(O)C(CCCC)(CCCC)O[Si](=O)O.N. The Morgan fingerprint density at radius 2 is 1.50 bits per heavy atom. The Bertz CT molecular complexity index is 243. The fourth-order valence-electron chi connectivity index (χ4n) is 2.41. The van der Waals surface area contributed by atoms with Gasteiger partial charge in [0.1, 0.15) is 5.60 Å². The zero-order valence-electron chi connectivity index (χ0n) is 13.4. The second-order valence-corrected chi connectivity index (χ2v) is 6.03. The number of rotatable bonds is 12. The molecule has 20 heavy (non-hydrogen) atoms. The van der Waals surface area contributed by atoms with E-state index < -0.39 is 20.9 Å². The fourth-order valence-corrected chi connectivity index (χ4v) is 3.10. The molecule has 0 aromatic rings. The molecule has 0 rings (SSSR count). The van der Waals surface area contributed by atoms with E-state index >= 15 is 0 Å². The summed E-state index contributed by atoms with van der Waals surface area (Å²) in [6.45, 7) is 6.22. The number of hydrogen-bond donors (Lipinski definition) is 3. The molecule has 0 aromatic carbocycles. The highest BCUT2D eigenvalue weighted by atomic mass is 28.3. The smallest absolute Gasteiger partial charge is 0.511 e. The molecule has 0 fully saturated rings. The first kappa shape index (κ1) is 21.8. The zero-order valence-corrected chi connectivity index (χ0v) is 14.4. The first-order valence-electron chi connectivity index (χ1n) is 7.62. The van der Waals surface area contributed by atoms with Crippen LogP contribution in [0.1, 0.15) is 78.6 Å². The van der Waals surface area contributed by atoms with Crippen molar-refractivity contribution in [3.05, 3.63) is 0 Å². The minimum Gasteiger partial charge on any atom is -0.511 e. The predicted octanol–water partition coefficient (Wildman–Crippen LogP) is 3.24. The molecule has 122 valence electrons. The van der Waals surface area contributed by atoms with E-state index in [4.69, 9.17) is 4.43 Å². The van der Waals surface area contributed by atoms with Crippen LogP contribution in [0.5, 0.6) is 0 Å². The van der Waals surface area contributed by atoms with E-state index in [0.29, 0.717) is 19.3 Å². The molecule has 5 N–H and O–H groups in total. The highest BCUT2D eigenvalue weighted by molar-refractivity contribution is 6.24. The summed E-state index contributed by atoms with van der Waals surface area (Å²) in [6, 6.07) is 0. The molecule has 0 spiro atoms. The van der Waals surface area contributed by atoms with Crippen molar-refractivity contribution in [2.24, 2.45) is 0 Å². The van der Waals surface area contributed by atoms with Gasteiger partial charge in [-0.15, -0.1) is 0 Å². The quantitative estimate of drug-likeness (QED) is 0.480. The molecule has 5 nitrogen and oxygen atoms in total. The van der Waals surface area contributed by atoms with Crippen molar-refractivity contribution in [3.63, 3.8) is 0 Å². The lowest BCUT2D eigenvalue weighted by atomic mass is 9.83. The van der Waals surface area contributed by atoms with Crippen LogP contribution in [0.4, 0.5) is 0 Å². The number of unbranched alkanes of at least 4 members (excludes halogenated alkanes) is 3. The van der Waals surface area contributed by atoms with E-state index in [1.807, 2.05) is 0 Å². The van der Waals surface area contributed by atoms with E-state index in [-0.39, 0.29) is 6.15 Å². The summed E-state index contributed by atoms with van der Waals surface area (Å²) >= 11 is 0. The molecule has 0 aliphatic carbocycles. The van der Waals surface area contributed by atoms with Crippen LogP contribution < -0.4 is 6.15 Å². The van der Waals surface area contributed by atoms with E-state index in [2.05, 4.69) is 20.8 Å². The summed E-state index contributed by atoms with van der Waals surface area (Å²) in [4.78, 5) is 9.17. The van der Waals surface area contributed by atoms with Gasteiger partial charge in [-0.05, 0) is 32.1 Å². The molecular weight excluding hydrogens is 274 g/mol. The van der Waals surface area contributed by atoms with Gasteiger partial charge < -0.3 is 20.5 Å². The van der Waals surface area contributed by atoms with Gasteiger partial charge in [-0.1, -0.05) is 46.5 Å². The van der Waals surface area contributed by atoms with E-state index in [1.165, 1.54) is 0 Å². The first-order chi connectivity index (χ1) is 9.02. The molecule has 0 heterocycles. The third-order valence-electron chi connectivity index (χ3n) is 3.64. The number of aliphatic hydroxyl groups is 1. The van der Waals surface area contributed by atoms with Gasteiger partial charge in [0.2, 0.25) is 0 Å². The summed E-state index contributed by atoms with van der Waals surface area (Å²) in [7, 11) is -3.03. The molecular formula is C14H33NO4Si. The van der Waals surface area contributed by atoms with E-state index in [0.717, 1.165) is 38.5 Å². The molecule has 0 radical (unpaired) electrons. The molecule has 0 aliphatic rings. The molecule has 1 unspecified atom stereocenters. The third kappa shape index (κ3) is 7.97. The fraction of sp³-hybridized carbons (Fsp3) is 1.00.